The van der Waals surface area contributed by atoms with E-state index >= 15 is 0 Å². The number of ether oxygens (including phenoxy) is 2. The number of para-hydroxylation sites is 1. The lowest BCUT2D eigenvalue weighted by Gasteiger charge is -2.24. The predicted molar refractivity (Wildman–Crippen MR) is 154 cm³/mol. The lowest BCUT2D eigenvalue weighted by atomic mass is 9.99. The molecule has 206 valence electrons. The first-order valence-electron chi connectivity index (χ1n) is 12.5. The van der Waals surface area contributed by atoms with Crippen molar-refractivity contribution in [3.05, 3.63) is 87.9 Å². The summed E-state index contributed by atoms with van der Waals surface area (Å²) in [6.07, 6.45) is 0.551. The molecule has 0 saturated carbocycles. The minimum Gasteiger partial charge on any atom is -0.493 e. The van der Waals surface area contributed by atoms with Gasteiger partial charge in [0.25, 0.3) is 11.8 Å². The number of carbonyl (C=O) groups excluding carboxylic acids is 2. The Labute approximate surface area is 240 Å². The zero-order valence-corrected chi connectivity index (χ0v) is 23.9. The van der Waals surface area contributed by atoms with E-state index in [-0.39, 0.29) is 30.2 Å². The molecule has 40 heavy (non-hydrogen) atoms. The van der Waals surface area contributed by atoms with Gasteiger partial charge in [-0.3, -0.25) is 9.59 Å². The Morgan fingerprint density at radius 2 is 1.88 bits per heavy atom. The molecule has 2 aromatic carbocycles. The maximum absolute atomic E-state index is 13.6. The molecule has 1 aliphatic heterocycles. The van der Waals surface area contributed by atoms with Crippen molar-refractivity contribution < 1.29 is 19.1 Å². The number of hydrazone groups is 1. The van der Waals surface area contributed by atoms with E-state index in [1.165, 1.54) is 16.8 Å². The van der Waals surface area contributed by atoms with Gasteiger partial charge in [-0.25, -0.2) is 5.01 Å². The molecule has 10 nitrogen and oxygen atoms in total. The molecule has 4 aromatic rings. The maximum atomic E-state index is 13.6. The van der Waals surface area contributed by atoms with Crippen molar-refractivity contribution in [2.24, 2.45) is 12.1 Å². The van der Waals surface area contributed by atoms with Crippen LogP contribution in [0.5, 0.6) is 11.5 Å². The van der Waals surface area contributed by atoms with Crippen molar-refractivity contribution in [2.75, 3.05) is 20.0 Å². The number of benzene rings is 2. The number of nitrogens with zero attached hydrogens (tertiary/aromatic N) is 5. The maximum Gasteiger partial charge on any atom is 0.253 e. The molecule has 12 heteroatoms. The smallest absolute Gasteiger partial charge is 0.253 e. The van der Waals surface area contributed by atoms with Gasteiger partial charge in [-0.05, 0) is 29.6 Å². The Balaban J connectivity index is 1.30. The Hall–Kier alpha value is -4.16. The number of methoxy groups -OCH3 is 2. The molecule has 0 saturated heterocycles. The van der Waals surface area contributed by atoms with E-state index in [9.17, 15) is 9.59 Å². The second-order valence-corrected chi connectivity index (χ2v) is 10.8. The van der Waals surface area contributed by atoms with Crippen molar-refractivity contribution >= 4 is 40.6 Å². The summed E-state index contributed by atoms with van der Waals surface area (Å²) in [5.74, 6) is 1.49. The van der Waals surface area contributed by atoms with Crippen LogP contribution in [0.3, 0.4) is 0 Å². The number of rotatable bonds is 10. The normalized spacial score (nSPS) is 14.6. The van der Waals surface area contributed by atoms with Crippen molar-refractivity contribution in [1.82, 2.24) is 25.1 Å². The molecule has 0 radical (unpaired) electrons. The highest BCUT2D eigenvalue weighted by molar-refractivity contribution is 7.99. The molecule has 3 heterocycles. The molecule has 0 fully saturated rings. The van der Waals surface area contributed by atoms with Crippen LogP contribution < -0.4 is 14.8 Å². The van der Waals surface area contributed by atoms with Gasteiger partial charge in [0, 0.05) is 24.6 Å². The first kappa shape index (κ1) is 27.4. The molecular formula is C28H28N6O4S2. The average molecular weight is 577 g/mol. The third-order valence-corrected chi connectivity index (χ3v) is 8.38. The largest absolute Gasteiger partial charge is 0.493 e. The number of aromatic nitrogens is 3. The summed E-state index contributed by atoms with van der Waals surface area (Å²) in [4.78, 5) is 27.0. The van der Waals surface area contributed by atoms with Crippen molar-refractivity contribution in [3.8, 4) is 11.5 Å². The topological polar surface area (TPSA) is 111 Å². The standard InChI is InChI=1S/C28H28N6O4S2/c1-33-24(16-29-27(36)18-9-5-4-6-10-18)30-31-28(33)40-17-25(35)34-21(15-20(32-34)23-13-8-14-39-23)19-11-7-12-22(37-2)26(19)38-3/h4-14,21H,15-17H2,1-3H3,(H,29,36). The quantitative estimate of drug-likeness (QED) is 0.280. The zero-order valence-electron chi connectivity index (χ0n) is 22.2. The Morgan fingerprint density at radius 1 is 1.05 bits per heavy atom. The predicted octanol–water partition coefficient (Wildman–Crippen LogP) is 4.29. The Bertz CT molecular complexity index is 1520. The van der Waals surface area contributed by atoms with Crippen LogP contribution in [-0.4, -0.2) is 57.3 Å². The van der Waals surface area contributed by atoms with Crippen LogP contribution in [0.4, 0.5) is 0 Å². The minimum absolute atomic E-state index is 0.104. The van der Waals surface area contributed by atoms with Gasteiger partial charge in [0.2, 0.25) is 0 Å². The van der Waals surface area contributed by atoms with Crippen LogP contribution in [0, 0.1) is 0 Å². The van der Waals surface area contributed by atoms with Gasteiger partial charge >= 0.3 is 0 Å². The number of amides is 2. The molecule has 5 rings (SSSR count). The second kappa shape index (κ2) is 12.3. The molecule has 1 aliphatic rings. The summed E-state index contributed by atoms with van der Waals surface area (Å²) in [7, 11) is 4.99. The van der Waals surface area contributed by atoms with E-state index in [0.717, 1.165) is 16.2 Å². The Kier molecular flexibility index (Phi) is 8.46. The van der Waals surface area contributed by atoms with Gasteiger partial charge in [-0.2, -0.15) is 5.10 Å². The second-order valence-electron chi connectivity index (χ2n) is 8.86. The van der Waals surface area contributed by atoms with E-state index in [4.69, 9.17) is 14.6 Å². The van der Waals surface area contributed by atoms with Crippen LogP contribution in [0.15, 0.2) is 76.3 Å². The fourth-order valence-corrected chi connectivity index (χ4v) is 5.92. The molecule has 0 spiro atoms. The lowest BCUT2D eigenvalue weighted by molar-refractivity contribution is -0.130. The summed E-state index contributed by atoms with van der Waals surface area (Å²) in [6.45, 7) is 0.212. The number of hydrogen-bond acceptors (Lipinski definition) is 9. The molecule has 0 bridgehead atoms. The highest BCUT2D eigenvalue weighted by Gasteiger charge is 2.36. The lowest BCUT2D eigenvalue weighted by Crippen LogP contribution is -2.29. The fourth-order valence-electron chi connectivity index (χ4n) is 4.42. The van der Waals surface area contributed by atoms with Crippen LogP contribution >= 0.6 is 23.1 Å². The minimum atomic E-state index is -0.349. The van der Waals surface area contributed by atoms with Crippen LogP contribution in [0.1, 0.15) is 39.1 Å². The van der Waals surface area contributed by atoms with Crippen LogP contribution in [0.2, 0.25) is 0 Å². The molecule has 1 N–H and O–H groups in total. The summed E-state index contributed by atoms with van der Waals surface area (Å²) >= 11 is 2.86. The third-order valence-electron chi connectivity index (χ3n) is 6.46. The van der Waals surface area contributed by atoms with Crippen molar-refractivity contribution in [3.63, 3.8) is 0 Å². The highest BCUT2D eigenvalue weighted by Crippen LogP contribution is 2.42. The number of thioether (sulfide) groups is 1. The summed E-state index contributed by atoms with van der Waals surface area (Å²) in [5, 5.41) is 20.1. The van der Waals surface area contributed by atoms with E-state index < -0.39 is 0 Å². The number of nitrogens with one attached hydrogen (secondary N) is 1. The van der Waals surface area contributed by atoms with Crippen molar-refractivity contribution in [2.45, 2.75) is 24.2 Å². The highest BCUT2D eigenvalue weighted by atomic mass is 32.2. The average Bonchev–Trinajstić information content (AvgIpc) is 3.75. The first-order chi connectivity index (χ1) is 19.5. The Morgan fingerprint density at radius 3 is 2.60 bits per heavy atom. The van der Waals surface area contributed by atoms with Gasteiger partial charge in [0.15, 0.2) is 22.5 Å². The molecule has 2 amide bonds. The van der Waals surface area contributed by atoms with E-state index in [0.29, 0.717) is 34.5 Å². The molecular weight excluding hydrogens is 548 g/mol. The van der Waals surface area contributed by atoms with Gasteiger partial charge in [0.05, 0.1) is 43.1 Å². The monoisotopic (exact) mass is 576 g/mol. The molecule has 1 atom stereocenters. The molecule has 2 aromatic heterocycles. The van der Waals surface area contributed by atoms with E-state index in [1.807, 2.05) is 61.0 Å². The summed E-state index contributed by atoms with van der Waals surface area (Å²) in [5.41, 5.74) is 2.24. The van der Waals surface area contributed by atoms with E-state index in [1.54, 1.807) is 42.3 Å². The first-order valence-corrected chi connectivity index (χ1v) is 14.3. The fraction of sp³-hybridized carbons (Fsp3) is 0.250. The summed E-state index contributed by atoms with van der Waals surface area (Å²) in [6, 6.07) is 18.2. The van der Waals surface area contributed by atoms with Gasteiger partial charge in [0.1, 0.15) is 0 Å². The molecule has 1 unspecified atom stereocenters. The van der Waals surface area contributed by atoms with Gasteiger partial charge < -0.3 is 19.4 Å². The summed E-state index contributed by atoms with van der Waals surface area (Å²) < 4.78 is 13.0. The van der Waals surface area contributed by atoms with Crippen molar-refractivity contribution in [1.29, 1.82) is 0 Å². The van der Waals surface area contributed by atoms with E-state index in [2.05, 4.69) is 15.5 Å². The number of carbonyl (C=O) groups is 2. The van der Waals surface area contributed by atoms with Gasteiger partial charge in [-0.1, -0.05) is 48.2 Å². The molecule has 0 aliphatic carbocycles. The van der Waals surface area contributed by atoms with Gasteiger partial charge in [-0.15, -0.1) is 21.5 Å². The number of thiophene rings is 1. The third kappa shape index (κ3) is 5.73. The zero-order chi connectivity index (χ0) is 28.1. The SMILES string of the molecule is COc1cccc(C2CC(c3cccs3)=NN2C(=O)CSc2nnc(CNC(=O)c3ccccc3)n2C)c1OC. The van der Waals surface area contributed by atoms with Crippen LogP contribution in [0.25, 0.3) is 0 Å². The number of hydrogen-bond donors (Lipinski definition) is 1. The van der Waals surface area contributed by atoms with Crippen LogP contribution in [-0.2, 0) is 18.4 Å².